The van der Waals surface area contributed by atoms with E-state index in [0.717, 1.165) is 5.56 Å². The second-order valence-electron chi connectivity index (χ2n) is 3.42. The van der Waals surface area contributed by atoms with Crippen molar-refractivity contribution in [3.63, 3.8) is 0 Å². The fraction of sp³-hybridized carbons (Fsp3) is 0.308. The third kappa shape index (κ3) is 4.36. The van der Waals surface area contributed by atoms with Gasteiger partial charge in [-0.1, -0.05) is 18.2 Å². The van der Waals surface area contributed by atoms with Gasteiger partial charge in [-0.3, -0.25) is 4.79 Å². The van der Waals surface area contributed by atoms with Gasteiger partial charge in [0.2, 0.25) is 0 Å². The van der Waals surface area contributed by atoms with Crippen LogP contribution in [0.15, 0.2) is 24.3 Å². The molecule has 0 unspecified atom stereocenters. The first kappa shape index (κ1) is 13.4. The molecule has 0 aromatic heterocycles. The number of benzene rings is 1. The Hall–Kier alpha value is -1.68. The maximum Gasteiger partial charge on any atom is 0.309 e. The van der Waals surface area contributed by atoms with E-state index in [2.05, 4.69) is 0 Å². The molecule has 0 spiro atoms. The maximum atomic E-state index is 13.1. The zero-order chi connectivity index (χ0) is 12.7. The molecule has 0 saturated heterocycles. The normalized spacial score (nSPS) is 10.8. The van der Waals surface area contributed by atoms with Gasteiger partial charge in [0, 0.05) is 5.56 Å². The average molecular weight is 238 g/mol. The summed E-state index contributed by atoms with van der Waals surface area (Å²) in [7, 11) is 0. The summed E-state index contributed by atoms with van der Waals surface area (Å²) in [6, 6.07) is 4.41. The van der Waals surface area contributed by atoms with Gasteiger partial charge in [-0.2, -0.15) is 0 Å². The van der Waals surface area contributed by atoms with Gasteiger partial charge in [-0.15, -0.1) is 0 Å². The van der Waals surface area contributed by atoms with Crippen molar-refractivity contribution in [2.24, 2.45) is 0 Å². The van der Waals surface area contributed by atoms with Gasteiger partial charge in [0.1, 0.15) is 5.82 Å². The van der Waals surface area contributed by atoms with E-state index in [1.165, 1.54) is 12.1 Å². The molecule has 3 nitrogen and oxygen atoms in total. The Labute approximate surface area is 99.5 Å². The van der Waals surface area contributed by atoms with Gasteiger partial charge in [0.15, 0.2) is 0 Å². The summed E-state index contributed by atoms with van der Waals surface area (Å²) in [6.45, 7) is 1.76. The monoisotopic (exact) mass is 238 g/mol. The Morgan fingerprint density at radius 1 is 1.53 bits per heavy atom. The van der Waals surface area contributed by atoms with Crippen molar-refractivity contribution < 1.29 is 19.0 Å². The van der Waals surface area contributed by atoms with Crippen molar-refractivity contribution >= 4 is 12.0 Å². The van der Waals surface area contributed by atoms with Crippen LogP contribution in [-0.2, 0) is 16.1 Å². The molecule has 0 bridgehead atoms. The number of esters is 1. The summed E-state index contributed by atoms with van der Waals surface area (Å²) in [5.74, 6) is -0.733. The van der Waals surface area contributed by atoms with Crippen LogP contribution in [0.1, 0.15) is 24.5 Å². The van der Waals surface area contributed by atoms with Crippen molar-refractivity contribution in [3.8, 4) is 0 Å². The first-order chi connectivity index (χ1) is 8.17. The summed E-state index contributed by atoms with van der Waals surface area (Å²) < 4.78 is 17.8. The number of hydrogen-bond acceptors (Lipinski definition) is 3. The summed E-state index contributed by atoms with van der Waals surface area (Å²) in [5, 5.41) is 8.89. The van der Waals surface area contributed by atoms with E-state index in [1.54, 1.807) is 25.1 Å². The lowest BCUT2D eigenvalue weighted by Crippen LogP contribution is -2.01. The molecule has 1 aromatic rings. The van der Waals surface area contributed by atoms with Crippen molar-refractivity contribution in [3.05, 3.63) is 41.2 Å². The van der Waals surface area contributed by atoms with Crippen LogP contribution in [0.25, 0.3) is 6.08 Å². The molecule has 0 fully saturated rings. The number of halogens is 1. The Kier molecular flexibility index (Phi) is 5.36. The largest absolute Gasteiger partial charge is 0.466 e. The summed E-state index contributed by atoms with van der Waals surface area (Å²) in [6.07, 6.45) is 3.52. The number of carbonyl (C=O) groups is 1. The predicted octanol–water partition coefficient (Wildman–Crippen LogP) is 2.28. The van der Waals surface area contributed by atoms with Gasteiger partial charge in [-0.05, 0) is 24.6 Å². The zero-order valence-electron chi connectivity index (χ0n) is 9.65. The molecule has 0 aliphatic heterocycles. The molecule has 0 heterocycles. The van der Waals surface area contributed by atoms with Crippen molar-refractivity contribution in [2.75, 3.05) is 6.61 Å². The van der Waals surface area contributed by atoms with Crippen molar-refractivity contribution in [2.45, 2.75) is 20.0 Å². The maximum absolute atomic E-state index is 13.1. The molecular weight excluding hydrogens is 223 g/mol. The highest BCUT2D eigenvalue weighted by Crippen LogP contribution is 2.12. The van der Waals surface area contributed by atoms with Crippen LogP contribution in [0, 0.1) is 5.82 Å². The molecule has 0 saturated carbocycles. The molecule has 1 N–H and O–H groups in total. The molecule has 17 heavy (non-hydrogen) atoms. The number of aliphatic hydroxyl groups excluding tert-OH is 1. The van der Waals surface area contributed by atoms with Crippen LogP contribution in [0.3, 0.4) is 0 Å². The molecule has 0 aliphatic carbocycles. The standard InChI is InChI=1S/C13H15FO3/c1-2-17-13(16)5-3-4-10-6-7-12(14)11(8-10)9-15/h3-4,6-8,15H,2,5,9H2,1H3. The van der Waals surface area contributed by atoms with Crippen LogP contribution < -0.4 is 0 Å². The minimum absolute atomic E-state index is 0.180. The van der Waals surface area contributed by atoms with E-state index in [-0.39, 0.29) is 24.6 Å². The lowest BCUT2D eigenvalue weighted by Gasteiger charge is -2.00. The zero-order valence-corrected chi connectivity index (χ0v) is 9.65. The van der Waals surface area contributed by atoms with E-state index in [0.29, 0.717) is 6.61 Å². The SMILES string of the molecule is CCOC(=O)CC=Cc1ccc(F)c(CO)c1. The quantitative estimate of drug-likeness (QED) is 0.800. The average Bonchev–Trinajstić information content (AvgIpc) is 2.31. The highest BCUT2D eigenvalue weighted by atomic mass is 19.1. The number of ether oxygens (including phenoxy) is 1. The summed E-state index contributed by atoms with van der Waals surface area (Å²) in [4.78, 5) is 11.0. The minimum Gasteiger partial charge on any atom is -0.466 e. The van der Waals surface area contributed by atoms with E-state index >= 15 is 0 Å². The summed E-state index contributed by atoms with van der Waals surface area (Å²) >= 11 is 0. The number of aliphatic hydroxyl groups is 1. The highest BCUT2D eigenvalue weighted by Gasteiger charge is 2.01. The van der Waals surface area contributed by atoms with Gasteiger partial charge >= 0.3 is 5.97 Å². The Balaban J connectivity index is 2.62. The van der Waals surface area contributed by atoms with E-state index in [9.17, 15) is 9.18 Å². The molecule has 0 amide bonds. The lowest BCUT2D eigenvalue weighted by molar-refractivity contribution is -0.142. The van der Waals surface area contributed by atoms with Crippen molar-refractivity contribution in [1.29, 1.82) is 0 Å². The third-order valence-corrected chi connectivity index (χ3v) is 2.14. The first-order valence-corrected chi connectivity index (χ1v) is 5.38. The molecule has 1 rings (SSSR count). The van der Waals surface area contributed by atoms with E-state index < -0.39 is 5.82 Å². The first-order valence-electron chi connectivity index (χ1n) is 5.38. The van der Waals surface area contributed by atoms with E-state index in [4.69, 9.17) is 9.84 Å². The third-order valence-electron chi connectivity index (χ3n) is 2.14. The molecule has 1 aromatic carbocycles. The van der Waals surface area contributed by atoms with Crippen LogP contribution in [0.5, 0.6) is 0 Å². The highest BCUT2D eigenvalue weighted by molar-refractivity contribution is 5.72. The van der Waals surface area contributed by atoms with Crippen LogP contribution in [-0.4, -0.2) is 17.7 Å². The van der Waals surface area contributed by atoms with E-state index in [1.807, 2.05) is 0 Å². The number of hydrogen-bond donors (Lipinski definition) is 1. The predicted molar refractivity (Wildman–Crippen MR) is 62.6 cm³/mol. The fourth-order valence-electron chi connectivity index (χ4n) is 1.33. The topological polar surface area (TPSA) is 46.5 Å². The molecule has 0 radical (unpaired) electrons. The molecule has 0 atom stereocenters. The van der Waals surface area contributed by atoms with Gasteiger partial charge in [0.25, 0.3) is 0 Å². The Morgan fingerprint density at radius 2 is 2.29 bits per heavy atom. The van der Waals surface area contributed by atoms with Crippen molar-refractivity contribution in [1.82, 2.24) is 0 Å². The molecule has 0 aliphatic rings. The van der Waals surface area contributed by atoms with Crippen LogP contribution >= 0.6 is 0 Å². The Morgan fingerprint density at radius 3 is 2.94 bits per heavy atom. The molecular formula is C13H15FO3. The molecule has 4 heteroatoms. The summed E-state index contributed by atoms with van der Waals surface area (Å²) in [5.41, 5.74) is 0.975. The second-order valence-corrected chi connectivity index (χ2v) is 3.42. The van der Waals surface area contributed by atoms with Gasteiger partial charge in [0.05, 0.1) is 19.6 Å². The van der Waals surface area contributed by atoms with Gasteiger partial charge in [-0.25, -0.2) is 4.39 Å². The number of rotatable bonds is 5. The smallest absolute Gasteiger partial charge is 0.309 e. The lowest BCUT2D eigenvalue weighted by atomic mass is 10.1. The van der Waals surface area contributed by atoms with Crippen LogP contribution in [0.4, 0.5) is 4.39 Å². The minimum atomic E-state index is -0.435. The number of carbonyl (C=O) groups excluding carboxylic acids is 1. The second kappa shape index (κ2) is 6.81. The Bertz CT molecular complexity index is 413. The fourth-order valence-corrected chi connectivity index (χ4v) is 1.33. The molecule has 92 valence electrons. The van der Waals surface area contributed by atoms with Crippen LogP contribution in [0.2, 0.25) is 0 Å². The van der Waals surface area contributed by atoms with Gasteiger partial charge < -0.3 is 9.84 Å².